The van der Waals surface area contributed by atoms with Crippen LogP contribution in [0.2, 0.25) is 15.1 Å². The zero-order chi connectivity index (χ0) is 30.8. The second kappa shape index (κ2) is 16.1. The minimum absolute atomic E-state index is 0.0488. The second-order valence-electron chi connectivity index (χ2n) is 10.5. The second-order valence-corrected chi connectivity index (χ2v) is 11.8. The van der Waals surface area contributed by atoms with E-state index in [1.165, 1.54) is 0 Å². The molecule has 0 unspecified atom stereocenters. The van der Waals surface area contributed by atoms with Gasteiger partial charge in [-0.3, -0.25) is 0 Å². The van der Waals surface area contributed by atoms with Crippen molar-refractivity contribution in [2.75, 3.05) is 13.2 Å². The number of benzene rings is 3. The summed E-state index contributed by atoms with van der Waals surface area (Å²) in [7, 11) is 0. The highest BCUT2D eigenvalue weighted by Gasteiger charge is 2.31. The molecule has 0 radical (unpaired) electrons. The maximum atomic E-state index is 12.9. The lowest BCUT2D eigenvalue weighted by Crippen LogP contribution is -2.37. The van der Waals surface area contributed by atoms with Crippen molar-refractivity contribution in [2.24, 2.45) is 5.92 Å². The van der Waals surface area contributed by atoms with Crippen molar-refractivity contribution >= 4 is 52.7 Å². The van der Waals surface area contributed by atoms with Gasteiger partial charge in [-0.25, -0.2) is 14.4 Å². The summed E-state index contributed by atoms with van der Waals surface area (Å²) in [6.07, 6.45) is 2.04. The Labute approximate surface area is 266 Å². The number of rotatable bonds is 12. The van der Waals surface area contributed by atoms with E-state index >= 15 is 0 Å². The van der Waals surface area contributed by atoms with E-state index in [0.29, 0.717) is 44.6 Å². The molecule has 10 heteroatoms. The molecular formula is C33H33Cl3O7. The van der Waals surface area contributed by atoms with E-state index in [0.717, 1.165) is 12.8 Å². The number of hydrogen-bond donors (Lipinski definition) is 0. The number of ether oxygens (including phenoxy) is 4. The van der Waals surface area contributed by atoms with Crippen LogP contribution < -0.4 is 0 Å². The molecular weight excluding hydrogens is 615 g/mol. The summed E-state index contributed by atoms with van der Waals surface area (Å²) in [5.41, 5.74) is 1.18. The topological polar surface area (TPSA) is 88.1 Å². The van der Waals surface area contributed by atoms with E-state index < -0.39 is 24.0 Å². The lowest BCUT2D eigenvalue weighted by atomic mass is 9.89. The van der Waals surface area contributed by atoms with Crippen molar-refractivity contribution < 1.29 is 33.3 Å². The first-order valence-corrected chi connectivity index (χ1v) is 15.3. The third kappa shape index (κ3) is 10.2. The van der Waals surface area contributed by atoms with Crippen molar-refractivity contribution in [3.05, 3.63) is 105 Å². The van der Waals surface area contributed by atoms with E-state index in [2.05, 4.69) is 6.92 Å². The Bertz CT molecular complexity index is 1360. The third-order valence-electron chi connectivity index (χ3n) is 7.29. The van der Waals surface area contributed by atoms with Gasteiger partial charge in [-0.2, -0.15) is 0 Å². The summed E-state index contributed by atoms with van der Waals surface area (Å²) >= 11 is 17.8. The van der Waals surface area contributed by atoms with E-state index in [1.807, 2.05) is 0 Å². The molecule has 43 heavy (non-hydrogen) atoms. The Balaban J connectivity index is 1.33. The molecule has 7 nitrogen and oxygen atoms in total. The summed E-state index contributed by atoms with van der Waals surface area (Å²) in [4.78, 5) is 37.8. The average Bonchev–Trinajstić information content (AvgIpc) is 2.99. The zero-order valence-electron chi connectivity index (χ0n) is 23.7. The van der Waals surface area contributed by atoms with Gasteiger partial charge in [0.25, 0.3) is 0 Å². The number of hydrogen-bond acceptors (Lipinski definition) is 7. The Morgan fingerprint density at radius 1 is 0.721 bits per heavy atom. The van der Waals surface area contributed by atoms with Gasteiger partial charge in [0.05, 0.1) is 42.1 Å². The number of carbonyl (C=O) groups is 3. The van der Waals surface area contributed by atoms with Gasteiger partial charge in [-0.05, 0) is 91.6 Å². The molecule has 4 rings (SSSR count). The molecule has 0 aliphatic carbocycles. The molecule has 228 valence electrons. The van der Waals surface area contributed by atoms with Crippen LogP contribution in [0.4, 0.5) is 0 Å². The SMILES string of the molecule is C[C@H]1CC[C@H](C[C@H](CCOC(=O)c2ccc(Cl)cc2)OC(=O)c2ccc(Cl)cc2)O[C@@H]1CCOC(=O)c1ccc(Cl)cc1. The molecule has 0 amide bonds. The fraction of sp³-hybridized carbons (Fsp3) is 0.364. The normalized spacial score (nSPS) is 18.8. The van der Waals surface area contributed by atoms with Crippen molar-refractivity contribution in [3.8, 4) is 0 Å². The maximum Gasteiger partial charge on any atom is 0.338 e. The van der Waals surface area contributed by atoms with Crippen LogP contribution in [0.1, 0.15) is 70.1 Å². The van der Waals surface area contributed by atoms with Gasteiger partial charge in [-0.15, -0.1) is 0 Å². The van der Waals surface area contributed by atoms with Crippen molar-refractivity contribution in [2.45, 2.75) is 57.3 Å². The van der Waals surface area contributed by atoms with Crippen LogP contribution in [0, 0.1) is 5.92 Å². The molecule has 0 bridgehead atoms. The minimum Gasteiger partial charge on any atom is -0.462 e. The van der Waals surface area contributed by atoms with Crippen LogP contribution in [0.15, 0.2) is 72.8 Å². The standard InChI is InChI=1S/C33H33Cl3O7/c1-21-2-15-28(42-30(21)17-19-41-32(38)23-5-11-26(35)12-6-23)20-29(43-33(39)24-7-13-27(36)14-8-24)16-18-40-31(37)22-3-9-25(34)10-4-22/h3-14,21,28-30H,2,15-20H2,1H3/t21-,28+,29-,30+/m0/s1. The van der Waals surface area contributed by atoms with Gasteiger partial charge >= 0.3 is 17.9 Å². The van der Waals surface area contributed by atoms with Gasteiger partial charge in [-0.1, -0.05) is 41.7 Å². The summed E-state index contributed by atoms with van der Waals surface area (Å²) in [5, 5.41) is 1.58. The lowest BCUT2D eigenvalue weighted by Gasteiger charge is -2.36. The van der Waals surface area contributed by atoms with Gasteiger partial charge in [0.2, 0.25) is 0 Å². The van der Waals surface area contributed by atoms with Gasteiger partial charge in [0.1, 0.15) is 6.10 Å². The van der Waals surface area contributed by atoms with Crippen LogP contribution in [0.3, 0.4) is 0 Å². The summed E-state index contributed by atoms with van der Waals surface area (Å²) in [6, 6.07) is 19.4. The molecule has 1 saturated heterocycles. The number of halogens is 3. The van der Waals surface area contributed by atoms with Crippen LogP contribution in [-0.4, -0.2) is 49.4 Å². The lowest BCUT2D eigenvalue weighted by molar-refractivity contribution is -0.103. The van der Waals surface area contributed by atoms with Crippen LogP contribution >= 0.6 is 34.8 Å². The number of carbonyl (C=O) groups excluding carboxylic acids is 3. The third-order valence-corrected chi connectivity index (χ3v) is 8.05. The number of esters is 3. The Morgan fingerprint density at radius 3 is 1.70 bits per heavy atom. The summed E-state index contributed by atoms with van der Waals surface area (Å²) < 4.78 is 23.2. The quantitative estimate of drug-likeness (QED) is 0.145. The van der Waals surface area contributed by atoms with Gasteiger partial charge < -0.3 is 18.9 Å². The minimum atomic E-state index is -0.567. The highest BCUT2D eigenvalue weighted by Crippen LogP contribution is 2.30. The van der Waals surface area contributed by atoms with E-state index in [9.17, 15) is 14.4 Å². The zero-order valence-corrected chi connectivity index (χ0v) is 25.9. The molecule has 0 spiro atoms. The van der Waals surface area contributed by atoms with E-state index in [-0.39, 0.29) is 37.8 Å². The Hall–Kier alpha value is -3.10. The molecule has 4 atom stereocenters. The predicted octanol–water partition coefficient (Wildman–Crippen LogP) is 8.24. The predicted molar refractivity (Wildman–Crippen MR) is 165 cm³/mol. The van der Waals surface area contributed by atoms with Crippen LogP contribution in [0.5, 0.6) is 0 Å². The molecule has 3 aromatic carbocycles. The van der Waals surface area contributed by atoms with Crippen molar-refractivity contribution in [3.63, 3.8) is 0 Å². The fourth-order valence-electron chi connectivity index (χ4n) is 4.82. The van der Waals surface area contributed by atoms with Crippen molar-refractivity contribution in [1.82, 2.24) is 0 Å². The highest BCUT2D eigenvalue weighted by atomic mass is 35.5. The molecule has 0 N–H and O–H groups in total. The molecule has 3 aromatic rings. The molecule has 1 heterocycles. The Kier molecular flexibility index (Phi) is 12.3. The van der Waals surface area contributed by atoms with Crippen LogP contribution in [-0.2, 0) is 18.9 Å². The molecule has 1 fully saturated rings. The van der Waals surface area contributed by atoms with E-state index in [1.54, 1.807) is 72.8 Å². The first-order valence-electron chi connectivity index (χ1n) is 14.2. The van der Waals surface area contributed by atoms with Crippen molar-refractivity contribution in [1.29, 1.82) is 0 Å². The van der Waals surface area contributed by atoms with E-state index in [4.69, 9.17) is 53.8 Å². The van der Waals surface area contributed by atoms with Crippen LogP contribution in [0.25, 0.3) is 0 Å². The first-order chi connectivity index (χ1) is 20.7. The average molecular weight is 648 g/mol. The largest absolute Gasteiger partial charge is 0.462 e. The maximum absolute atomic E-state index is 12.9. The Morgan fingerprint density at radius 2 is 1.19 bits per heavy atom. The van der Waals surface area contributed by atoms with Gasteiger partial charge in [0, 0.05) is 34.3 Å². The first kappa shape index (κ1) is 32.8. The molecule has 1 aliphatic heterocycles. The summed E-state index contributed by atoms with van der Waals surface area (Å²) in [6.45, 7) is 2.36. The van der Waals surface area contributed by atoms with Gasteiger partial charge in [0.15, 0.2) is 0 Å². The molecule has 1 aliphatic rings. The summed E-state index contributed by atoms with van der Waals surface area (Å²) in [5.74, 6) is -1.14. The molecule has 0 aromatic heterocycles. The monoisotopic (exact) mass is 646 g/mol. The smallest absolute Gasteiger partial charge is 0.338 e. The highest BCUT2D eigenvalue weighted by molar-refractivity contribution is 6.31. The fourth-order valence-corrected chi connectivity index (χ4v) is 5.20. The molecule has 0 saturated carbocycles.